The smallest absolute Gasteiger partial charge is 0.147 e. The molecule has 0 aliphatic heterocycles. The Hall–Kier alpha value is -1.16. The molecule has 0 unspecified atom stereocenters. The van der Waals surface area contributed by atoms with Gasteiger partial charge in [0.15, 0.2) is 0 Å². The lowest BCUT2D eigenvalue weighted by Gasteiger charge is -2.35. The van der Waals surface area contributed by atoms with Crippen LogP contribution < -0.4 is 10.2 Å². The number of hydrogen-bond acceptors (Lipinski definition) is 4. The monoisotopic (exact) mass is 236 g/mol. The number of nitrogens with zero attached hydrogens (tertiary/aromatic N) is 3. The first kappa shape index (κ1) is 13.9. The normalized spacial score (nSPS) is 11.6. The summed E-state index contributed by atoms with van der Waals surface area (Å²) in [5, 5.41) is 3.24. The van der Waals surface area contributed by atoms with Crippen molar-refractivity contribution in [3.05, 3.63) is 18.1 Å². The quantitative estimate of drug-likeness (QED) is 0.822. The van der Waals surface area contributed by atoms with Crippen LogP contribution in [0.1, 0.15) is 39.8 Å². The Morgan fingerprint density at radius 1 is 1.24 bits per heavy atom. The Kier molecular flexibility index (Phi) is 4.87. The van der Waals surface area contributed by atoms with Crippen LogP contribution in [0.4, 0.5) is 5.82 Å². The molecule has 1 N–H and O–H groups in total. The Labute approximate surface area is 104 Å². The van der Waals surface area contributed by atoms with Crippen molar-refractivity contribution in [1.29, 1.82) is 0 Å². The predicted octanol–water partition coefficient (Wildman–Crippen LogP) is 2.21. The van der Waals surface area contributed by atoms with E-state index in [1.807, 2.05) is 12.4 Å². The Morgan fingerprint density at radius 3 is 2.41 bits per heavy atom. The lowest BCUT2D eigenvalue weighted by Crippen LogP contribution is -2.41. The number of anilines is 1. The lowest BCUT2D eigenvalue weighted by atomic mass is 10.0. The first-order valence-electron chi connectivity index (χ1n) is 6.26. The minimum absolute atomic E-state index is 0.109. The molecular weight excluding hydrogens is 212 g/mol. The molecule has 96 valence electrons. The SMILES string of the molecule is CCNCc1cnc(N(C)C(C)(C)CC)cn1. The van der Waals surface area contributed by atoms with Gasteiger partial charge in [0, 0.05) is 19.1 Å². The summed E-state index contributed by atoms with van der Waals surface area (Å²) in [6.07, 6.45) is 4.77. The van der Waals surface area contributed by atoms with Gasteiger partial charge in [0.05, 0.1) is 18.1 Å². The van der Waals surface area contributed by atoms with Crippen molar-refractivity contribution in [2.75, 3.05) is 18.5 Å². The molecule has 0 spiro atoms. The third-order valence-electron chi connectivity index (χ3n) is 3.36. The summed E-state index contributed by atoms with van der Waals surface area (Å²) < 4.78 is 0. The fourth-order valence-electron chi connectivity index (χ4n) is 1.41. The summed E-state index contributed by atoms with van der Waals surface area (Å²) in [6, 6.07) is 0. The highest BCUT2D eigenvalue weighted by Gasteiger charge is 2.22. The molecule has 0 atom stereocenters. The highest BCUT2D eigenvalue weighted by atomic mass is 15.2. The van der Waals surface area contributed by atoms with Crippen LogP contribution in [0.5, 0.6) is 0 Å². The van der Waals surface area contributed by atoms with Gasteiger partial charge < -0.3 is 10.2 Å². The molecule has 1 heterocycles. The van der Waals surface area contributed by atoms with E-state index in [0.29, 0.717) is 0 Å². The molecule has 1 rings (SSSR count). The third kappa shape index (κ3) is 3.66. The maximum atomic E-state index is 4.47. The number of aromatic nitrogens is 2. The van der Waals surface area contributed by atoms with Crippen LogP contribution in [-0.4, -0.2) is 29.1 Å². The highest BCUT2D eigenvalue weighted by Crippen LogP contribution is 2.21. The maximum absolute atomic E-state index is 4.47. The average Bonchev–Trinajstić information content (AvgIpc) is 2.36. The first-order valence-corrected chi connectivity index (χ1v) is 6.26. The van der Waals surface area contributed by atoms with E-state index >= 15 is 0 Å². The van der Waals surface area contributed by atoms with Crippen LogP contribution in [-0.2, 0) is 6.54 Å². The zero-order valence-corrected chi connectivity index (χ0v) is 11.6. The zero-order chi connectivity index (χ0) is 12.9. The summed E-state index contributed by atoms with van der Waals surface area (Å²) in [5.41, 5.74) is 1.09. The topological polar surface area (TPSA) is 41.1 Å². The van der Waals surface area contributed by atoms with E-state index in [1.54, 1.807) is 0 Å². The fourth-order valence-corrected chi connectivity index (χ4v) is 1.41. The minimum atomic E-state index is 0.109. The molecule has 4 heteroatoms. The van der Waals surface area contributed by atoms with E-state index in [4.69, 9.17) is 0 Å². The van der Waals surface area contributed by atoms with Gasteiger partial charge in [-0.3, -0.25) is 4.98 Å². The Balaban J connectivity index is 2.73. The van der Waals surface area contributed by atoms with Crippen LogP contribution in [0.15, 0.2) is 12.4 Å². The first-order chi connectivity index (χ1) is 8.01. The van der Waals surface area contributed by atoms with Gasteiger partial charge in [0.2, 0.25) is 0 Å². The molecule has 0 aliphatic carbocycles. The molecule has 0 aliphatic rings. The number of nitrogens with one attached hydrogen (secondary N) is 1. The summed E-state index contributed by atoms with van der Waals surface area (Å²) in [6.45, 7) is 10.4. The largest absolute Gasteiger partial charge is 0.353 e. The van der Waals surface area contributed by atoms with E-state index in [1.165, 1.54) is 0 Å². The van der Waals surface area contributed by atoms with Crippen molar-refractivity contribution in [2.45, 2.75) is 46.2 Å². The highest BCUT2D eigenvalue weighted by molar-refractivity contribution is 5.38. The standard InChI is InChI=1S/C13H24N4/c1-6-13(3,4)17(5)12-10-15-11(9-16-12)8-14-7-2/h9-10,14H,6-8H2,1-5H3. The molecule has 0 amide bonds. The van der Waals surface area contributed by atoms with Crippen LogP contribution in [0, 0.1) is 0 Å². The average molecular weight is 236 g/mol. The second-order valence-electron chi connectivity index (χ2n) is 4.87. The zero-order valence-electron chi connectivity index (χ0n) is 11.6. The lowest BCUT2D eigenvalue weighted by molar-refractivity contribution is 0.466. The van der Waals surface area contributed by atoms with Gasteiger partial charge in [-0.25, -0.2) is 4.98 Å². The second kappa shape index (κ2) is 5.96. The van der Waals surface area contributed by atoms with Gasteiger partial charge in [0.1, 0.15) is 5.82 Å². The molecule has 1 aromatic heterocycles. The van der Waals surface area contributed by atoms with Gasteiger partial charge in [-0.1, -0.05) is 13.8 Å². The predicted molar refractivity (Wildman–Crippen MR) is 72.2 cm³/mol. The fraction of sp³-hybridized carbons (Fsp3) is 0.692. The van der Waals surface area contributed by atoms with Crippen molar-refractivity contribution in [3.63, 3.8) is 0 Å². The second-order valence-corrected chi connectivity index (χ2v) is 4.87. The van der Waals surface area contributed by atoms with Gasteiger partial charge >= 0.3 is 0 Å². The molecule has 1 aromatic rings. The van der Waals surface area contributed by atoms with Crippen molar-refractivity contribution in [3.8, 4) is 0 Å². The van der Waals surface area contributed by atoms with Crippen molar-refractivity contribution >= 4 is 5.82 Å². The summed E-state index contributed by atoms with van der Waals surface area (Å²) in [4.78, 5) is 11.1. The van der Waals surface area contributed by atoms with Gasteiger partial charge in [0.25, 0.3) is 0 Å². The summed E-state index contributed by atoms with van der Waals surface area (Å²) >= 11 is 0. The maximum Gasteiger partial charge on any atom is 0.147 e. The van der Waals surface area contributed by atoms with Gasteiger partial charge in [-0.2, -0.15) is 0 Å². The molecule has 0 radical (unpaired) electrons. The van der Waals surface area contributed by atoms with Gasteiger partial charge in [-0.15, -0.1) is 0 Å². The van der Waals surface area contributed by atoms with E-state index in [2.05, 4.69) is 54.9 Å². The molecule has 0 saturated carbocycles. The van der Waals surface area contributed by atoms with Crippen LogP contribution in [0.3, 0.4) is 0 Å². The third-order valence-corrected chi connectivity index (χ3v) is 3.36. The molecule has 0 aromatic carbocycles. The van der Waals surface area contributed by atoms with E-state index in [-0.39, 0.29) is 5.54 Å². The summed E-state index contributed by atoms with van der Waals surface area (Å²) in [5.74, 6) is 0.928. The van der Waals surface area contributed by atoms with E-state index in [9.17, 15) is 0 Å². The molecule has 0 saturated heterocycles. The van der Waals surface area contributed by atoms with Crippen LogP contribution >= 0.6 is 0 Å². The molecule has 0 fully saturated rings. The molecular formula is C13H24N4. The van der Waals surface area contributed by atoms with Gasteiger partial charge in [-0.05, 0) is 26.8 Å². The Morgan fingerprint density at radius 2 is 1.94 bits per heavy atom. The molecule has 17 heavy (non-hydrogen) atoms. The summed E-state index contributed by atoms with van der Waals surface area (Å²) in [7, 11) is 2.07. The van der Waals surface area contributed by atoms with Crippen molar-refractivity contribution in [1.82, 2.24) is 15.3 Å². The number of rotatable bonds is 6. The molecule has 0 bridgehead atoms. The van der Waals surface area contributed by atoms with Crippen LogP contribution in [0.25, 0.3) is 0 Å². The minimum Gasteiger partial charge on any atom is -0.353 e. The van der Waals surface area contributed by atoms with Crippen LogP contribution in [0.2, 0.25) is 0 Å². The Bertz CT molecular complexity index is 332. The van der Waals surface area contributed by atoms with E-state index < -0.39 is 0 Å². The van der Waals surface area contributed by atoms with E-state index in [0.717, 1.165) is 31.0 Å². The molecule has 4 nitrogen and oxygen atoms in total. The number of hydrogen-bond donors (Lipinski definition) is 1. The van der Waals surface area contributed by atoms with Crippen molar-refractivity contribution < 1.29 is 0 Å². The van der Waals surface area contributed by atoms with Crippen molar-refractivity contribution in [2.24, 2.45) is 0 Å².